The van der Waals surface area contributed by atoms with Crippen molar-refractivity contribution in [2.75, 3.05) is 33.2 Å². The highest BCUT2D eigenvalue weighted by molar-refractivity contribution is 5.94. The largest absolute Gasteiger partial charge is 0.336 e. The maximum atomic E-state index is 12.3. The van der Waals surface area contributed by atoms with E-state index >= 15 is 0 Å². The summed E-state index contributed by atoms with van der Waals surface area (Å²) < 4.78 is 0. The Labute approximate surface area is 110 Å². The maximum absolute atomic E-state index is 12.3. The van der Waals surface area contributed by atoms with Crippen molar-refractivity contribution in [3.63, 3.8) is 0 Å². The van der Waals surface area contributed by atoms with Gasteiger partial charge < -0.3 is 9.80 Å². The van der Waals surface area contributed by atoms with Gasteiger partial charge in [0.05, 0.1) is 0 Å². The van der Waals surface area contributed by atoms with Crippen LogP contribution in [0.1, 0.15) is 26.7 Å². The number of rotatable bonds is 2. The molecule has 1 aliphatic carbocycles. The molecule has 0 N–H and O–H groups in total. The first-order valence-corrected chi connectivity index (χ1v) is 6.95. The molecule has 1 fully saturated rings. The predicted octanol–water partition coefficient (Wildman–Crippen LogP) is 2.06. The second-order valence-corrected chi connectivity index (χ2v) is 5.68. The molecule has 0 atom stereocenters. The van der Waals surface area contributed by atoms with Crippen molar-refractivity contribution in [1.29, 1.82) is 0 Å². The lowest BCUT2D eigenvalue weighted by Gasteiger charge is -2.33. The smallest absolute Gasteiger partial charge is 0.249 e. The van der Waals surface area contributed by atoms with Gasteiger partial charge in [-0.2, -0.15) is 0 Å². The zero-order valence-corrected chi connectivity index (χ0v) is 11.8. The van der Waals surface area contributed by atoms with Crippen LogP contribution in [0.15, 0.2) is 23.3 Å². The van der Waals surface area contributed by atoms with Gasteiger partial charge in [-0.15, -0.1) is 0 Å². The van der Waals surface area contributed by atoms with Crippen LogP contribution in [0.25, 0.3) is 0 Å². The second kappa shape index (κ2) is 5.70. The lowest BCUT2D eigenvalue weighted by molar-refractivity contribution is -0.128. The third-order valence-corrected chi connectivity index (χ3v) is 3.99. The predicted molar refractivity (Wildman–Crippen MR) is 74.3 cm³/mol. The van der Waals surface area contributed by atoms with E-state index in [0.29, 0.717) is 5.92 Å². The molecule has 0 radical (unpaired) electrons. The van der Waals surface area contributed by atoms with Crippen LogP contribution in [0.2, 0.25) is 0 Å². The van der Waals surface area contributed by atoms with Crippen LogP contribution in [-0.2, 0) is 4.79 Å². The fourth-order valence-corrected chi connectivity index (χ4v) is 2.53. The fraction of sp³-hybridized carbons (Fsp3) is 0.667. The van der Waals surface area contributed by atoms with Crippen LogP contribution in [-0.4, -0.2) is 48.9 Å². The molecular formula is C15H24N2O. The Morgan fingerprint density at radius 1 is 1.11 bits per heavy atom. The van der Waals surface area contributed by atoms with Crippen LogP contribution in [0.3, 0.4) is 0 Å². The number of likely N-dealkylation sites (N-methyl/N-ethyl adjacent to an activating group) is 1. The van der Waals surface area contributed by atoms with E-state index < -0.39 is 0 Å². The van der Waals surface area contributed by atoms with Gasteiger partial charge in [0.15, 0.2) is 0 Å². The van der Waals surface area contributed by atoms with Gasteiger partial charge >= 0.3 is 0 Å². The highest BCUT2D eigenvalue weighted by Crippen LogP contribution is 2.25. The molecule has 2 aliphatic rings. The van der Waals surface area contributed by atoms with E-state index in [1.807, 2.05) is 11.0 Å². The fourth-order valence-electron chi connectivity index (χ4n) is 2.53. The summed E-state index contributed by atoms with van der Waals surface area (Å²) in [6.07, 6.45) is 6.15. The number of carbonyl (C=O) groups excluding carboxylic acids is 1. The number of hydrogen-bond acceptors (Lipinski definition) is 2. The molecule has 3 heteroatoms. The minimum Gasteiger partial charge on any atom is -0.336 e. The zero-order valence-electron chi connectivity index (χ0n) is 11.8. The molecule has 1 amide bonds. The van der Waals surface area contributed by atoms with Crippen molar-refractivity contribution >= 4 is 5.91 Å². The number of hydrogen-bond donors (Lipinski definition) is 0. The molecule has 0 spiro atoms. The average molecular weight is 248 g/mol. The van der Waals surface area contributed by atoms with E-state index in [2.05, 4.69) is 31.9 Å². The first kappa shape index (κ1) is 13.3. The molecule has 1 heterocycles. The van der Waals surface area contributed by atoms with Gasteiger partial charge in [0.1, 0.15) is 0 Å². The Morgan fingerprint density at radius 3 is 2.28 bits per heavy atom. The SMILES string of the molecule is CC(C)C1=CC=C(C(=O)N2CCN(C)CC2)CC1. The standard InChI is InChI=1S/C15H24N2O/c1-12(2)13-4-6-14(7-5-13)15(18)17-10-8-16(3)9-11-17/h4,6,12H,5,7-11H2,1-3H3. The van der Waals surface area contributed by atoms with Gasteiger partial charge in [-0.25, -0.2) is 0 Å². The minimum absolute atomic E-state index is 0.252. The molecule has 3 nitrogen and oxygen atoms in total. The Morgan fingerprint density at radius 2 is 1.78 bits per heavy atom. The highest BCUT2D eigenvalue weighted by atomic mass is 16.2. The van der Waals surface area contributed by atoms with Crippen molar-refractivity contribution in [3.8, 4) is 0 Å². The van der Waals surface area contributed by atoms with E-state index in [1.165, 1.54) is 5.57 Å². The van der Waals surface area contributed by atoms with Gasteiger partial charge in [0.2, 0.25) is 5.91 Å². The molecule has 100 valence electrons. The van der Waals surface area contributed by atoms with Crippen LogP contribution in [0, 0.1) is 5.92 Å². The van der Waals surface area contributed by atoms with E-state index in [4.69, 9.17) is 0 Å². The summed E-state index contributed by atoms with van der Waals surface area (Å²) in [4.78, 5) is 16.6. The summed E-state index contributed by atoms with van der Waals surface area (Å²) in [6, 6.07) is 0. The summed E-state index contributed by atoms with van der Waals surface area (Å²) in [5, 5.41) is 0. The molecule has 0 aromatic heterocycles. The van der Waals surface area contributed by atoms with Crippen LogP contribution in [0.5, 0.6) is 0 Å². The Kier molecular flexibility index (Phi) is 4.23. The van der Waals surface area contributed by atoms with Gasteiger partial charge in [0, 0.05) is 31.8 Å². The Bertz CT molecular complexity index is 374. The van der Waals surface area contributed by atoms with Crippen molar-refractivity contribution < 1.29 is 4.79 Å². The molecule has 1 saturated heterocycles. The molecule has 0 saturated carbocycles. The Hall–Kier alpha value is -1.09. The third kappa shape index (κ3) is 3.02. The van der Waals surface area contributed by atoms with E-state index in [-0.39, 0.29) is 5.91 Å². The lowest BCUT2D eigenvalue weighted by Crippen LogP contribution is -2.47. The lowest BCUT2D eigenvalue weighted by atomic mass is 9.91. The molecular weight excluding hydrogens is 224 g/mol. The van der Waals surface area contributed by atoms with Crippen molar-refractivity contribution in [1.82, 2.24) is 9.80 Å². The number of amides is 1. The summed E-state index contributed by atoms with van der Waals surface area (Å²) in [7, 11) is 2.11. The van der Waals surface area contributed by atoms with E-state index in [0.717, 1.165) is 44.6 Å². The molecule has 1 aliphatic heterocycles. The van der Waals surface area contributed by atoms with E-state index in [9.17, 15) is 4.79 Å². The number of piperazine rings is 1. The first-order valence-electron chi connectivity index (χ1n) is 6.95. The topological polar surface area (TPSA) is 23.6 Å². The third-order valence-electron chi connectivity index (χ3n) is 3.99. The number of allylic oxidation sites excluding steroid dienone is 3. The quantitative estimate of drug-likeness (QED) is 0.747. The van der Waals surface area contributed by atoms with Crippen molar-refractivity contribution in [3.05, 3.63) is 23.3 Å². The van der Waals surface area contributed by atoms with Crippen molar-refractivity contribution in [2.24, 2.45) is 5.92 Å². The normalized spacial score (nSPS) is 21.9. The number of carbonyl (C=O) groups is 1. The Balaban J connectivity index is 1.98. The monoisotopic (exact) mass is 248 g/mol. The number of nitrogens with zero attached hydrogens (tertiary/aromatic N) is 2. The minimum atomic E-state index is 0.252. The van der Waals surface area contributed by atoms with Gasteiger partial charge in [-0.05, 0) is 25.8 Å². The molecule has 0 unspecified atom stereocenters. The highest BCUT2D eigenvalue weighted by Gasteiger charge is 2.23. The maximum Gasteiger partial charge on any atom is 0.249 e. The summed E-state index contributed by atoms with van der Waals surface area (Å²) >= 11 is 0. The van der Waals surface area contributed by atoms with Gasteiger partial charge in [-0.3, -0.25) is 4.79 Å². The van der Waals surface area contributed by atoms with Gasteiger partial charge in [-0.1, -0.05) is 31.6 Å². The van der Waals surface area contributed by atoms with Crippen LogP contribution in [0.4, 0.5) is 0 Å². The molecule has 0 aromatic carbocycles. The summed E-state index contributed by atoms with van der Waals surface area (Å²) in [6.45, 7) is 8.15. The summed E-state index contributed by atoms with van der Waals surface area (Å²) in [5.41, 5.74) is 2.45. The first-order chi connectivity index (χ1) is 8.58. The molecule has 0 aromatic rings. The zero-order chi connectivity index (χ0) is 13.1. The average Bonchev–Trinajstić information content (AvgIpc) is 2.39. The van der Waals surface area contributed by atoms with E-state index in [1.54, 1.807) is 0 Å². The summed E-state index contributed by atoms with van der Waals surface area (Å²) in [5.74, 6) is 0.851. The molecule has 0 bridgehead atoms. The van der Waals surface area contributed by atoms with Crippen LogP contribution >= 0.6 is 0 Å². The van der Waals surface area contributed by atoms with Crippen LogP contribution < -0.4 is 0 Å². The van der Waals surface area contributed by atoms with Crippen molar-refractivity contribution in [2.45, 2.75) is 26.7 Å². The molecule has 18 heavy (non-hydrogen) atoms. The van der Waals surface area contributed by atoms with Gasteiger partial charge in [0.25, 0.3) is 0 Å². The second-order valence-electron chi connectivity index (χ2n) is 5.68. The molecule has 2 rings (SSSR count).